The first-order chi connectivity index (χ1) is 22.4. The molecule has 2 heterocycles. The van der Waals surface area contributed by atoms with Crippen molar-refractivity contribution in [3.8, 4) is 0 Å². The Bertz CT molecular complexity index is 1410. The van der Waals surface area contributed by atoms with Crippen molar-refractivity contribution in [3.63, 3.8) is 0 Å². The highest BCUT2D eigenvalue weighted by molar-refractivity contribution is 7.89. The summed E-state index contributed by atoms with van der Waals surface area (Å²) < 4.78 is 65.6. The smallest absolute Gasteiger partial charge is 0.346 e. The molecule has 2 unspecified atom stereocenters. The predicted molar refractivity (Wildman–Crippen MR) is 175 cm³/mol. The SMILES string of the molecule is C=CCNC(=O)C(=O)C(CCC(F)(F)F)NC(=O)C1[C@@H]2[C@H](CN1C(=O)[C@@H](NC(=O)N[C@H](CN1CCCS1(=O)=O)C(C)C)C(C)(C)C)C2(C)C. The van der Waals surface area contributed by atoms with Crippen LogP contribution in [0.2, 0.25) is 0 Å². The maximum absolute atomic E-state index is 14.2. The van der Waals surface area contributed by atoms with Crippen molar-refractivity contribution in [1.82, 2.24) is 30.5 Å². The number of piperidine rings is 1. The Morgan fingerprint density at radius 2 is 1.67 bits per heavy atom. The third-order valence-electron chi connectivity index (χ3n) is 9.85. The number of rotatable bonds is 14. The van der Waals surface area contributed by atoms with E-state index in [1.807, 2.05) is 27.7 Å². The minimum absolute atomic E-state index is 0.0354. The summed E-state index contributed by atoms with van der Waals surface area (Å²) in [5.41, 5.74) is -1.27. The van der Waals surface area contributed by atoms with Crippen molar-refractivity contribution in [1.29, 1.82) is 0 Å². The fraction of sp³-hybridized carbons (Fsp3) is 0.781. The van der Waals surface area contributed by atoms with Crippen LogP contribution in [0, 0.1) is 28.6 Å². The molecule has 3 rings (SSSR count). The standard InChI is InChI=1S/C32H51F3N6O7S/c1-9-13-36-27(44)24(42)20(11-12-32(33,34)35)37-26(43)23-22-19(31(22,7)8)16-41(23)28(45)25(30(4,5)6)39-29(46)38-21(18(2)3)17-40-14-10-15-49(40,47)48/h9,18-23,25H,1,10-17H2,2-8H3,(H,36,44)(H,37,43)(H2,38,39,46)/t19-,20?,21+,22-,23?,25+/m0/s1. The first kappa shape index (κ1) is 40.2. The Kier molecular flexibility index (Phi) is 12.3. The zero-order valence-electron chi connectivity index (χ0n) is 29.3. The third kappa shape index (κ3) is 9.73. The van der Waals surface area contributed by atoms with Crippen molar-refractivity contribution >= 4 is 39.6 Å². The molecule has 4 N–H and O–H groups in total. The van der Waals surface area contributed by atoms with E-state index in [0.717, 1.165) is 0 Å². The zero-order valence-corrected chi connectivity index (χ0v) is 30.1. The number of hydrogen-bond acceptors (Lipinski definition) is 7. The van der Waals surface area contributed by atoms with Crippen LogP contribution in [0.4, 0.5) is 18.0 Å². The van der Waals surface area contributed by atoms with E-state index in [4.69, 9.17) is 0 Å². The van der Waals surface area contributed by atoms with Crippen molar-refractivity contribution in [2.75, 3.05) is 31.9 Å². The molecule has 0 bridgehead atoms. The van der Waals surface area contributed by atoms with Crippen molar-refractivity contribution in [3.05, 3.63) is 12.7 Å². The van der Waals surface area contributed by atoms with E-state index >= 15 is 0 Å². The van der Waals surface area contributed by atoms with Gasteiger partial charge in [0.2, 0.25) is 27.6 Å². The fourth-order valence-corrected chi connectivity index (χ4v) is 8.30. The second-order valence-corrected chi connectivity index (χ2v) is 17.4. The average Bonchev–Trinajstić information content (AvgIpc) is 3.27. The number of nitrogens with zero attached hydrogens (tertiary/aromatic N) is 2. The molecule has 0 aromatic carbocycles. The molecular formula is C32H51F3N6O7S. The maximum atomic E-state index is 14.2. The van der Waals surface area contributed by atoms with E-state index in [0.29, 0.717) is 13.0 Å². The van der Waals surface area contributed by atoms with Gasteiger partial charge in [-0.05, 0) is 41.4 Å². The molecule has 6 atom stereocenters. The molecule has 278 valence electrons. The second-order valence-electron chi connectivity index (χ2n) is 15.3. The molecule has 1 aliphatic carbocycles. The Morgan fingerprint density at radius 3 is 2.18 bits per heavy atom. The summed E-state index contributed by atoms with van der Waals surface area (Å²) in [6.45, 7) is 16.5. The Labute approximate surface area is 286 Å². The number of urea groups is 1. The van der Waals surface area contributed by atoms with Crippen LogP contribution in [0.5, 0.6) is 0 Å². The van der Waals surface area contributed by atoms with Crippen LogP contribution in [-0.4, -0.2) is 109 Å². The lowest BCUT2D eigenvalue weighted by molar-refractivity contribution is -0.148. The normalized spacial score (nSPS) is 24.7. The summed E-state index contributed by atoms with van der Waals surface area (Å²) in [6, 6.07) is -5.43. The number of likely N-dealkylation sites (tertiary alicyclic amines) is 1. The second kappa shape index (κ2) is 15.0. The van der Waals surface area contributed by atoms with E-state index in [-0.39, 0.29) is 43.1 Å². The van der Waals surface area contributed by atoms with Gasteiger partial charge in [-0.1, -0.05) is 54.5 Å². The van der Waals surface area contributed by atoms with E-state index in [1.54, 1.807) is 20.8 Å². The van der Waals surface area contributed by atoms with Crippen LogP contribution in [0.25, 0.3) is 0 Å². The number of amides is 5. The van der Waals surface area contributed by atoms with Gasteiger partial charge in [-0.15, -0.1) is 6.58 Å². The molecule has 0 aromatic rings. The molecule has 49 heavy (non-hydrogen) atoms. The topological polar surface area (TPSA) is 174 Å². The molecule has 3 aliphatic rings. The Morgan fingerprint density at radius 1 is 1.04 bits per heavy atom. The van der Waals surface area contributed by atoms with Gasteiger partial charge in [-0.25, -0.2) is 13.2 Å². The van der Waals surface area contributed by atoms with Gasteiger partial charge in [-0.2, -0.15) is 17.5 Å². The van der Waals surface area contributed by atoms with Crippen molar-refractivity contribution in [2.45, 2.75) is 98.1 Å². The molecule has 0 radical (unpaired) electrons. The van der Waals surface area contributed by atoms with Crippen LogP contribution in [0.3, 0.4) is 0 Å². The molecule has 13 nitrogen and oxygen atoms in total. The molecule has 1 saturated carbocycles. The minimum Gasteiger partial charge on any atom is -0.346 e. The van der Waals surface area contributed by atoms with Gasteiger partial charge in [-0.3, -0.25) is 19.2 Å². The van der Waals surface area contributed by atoms with Crippen molar-refractivity contribution < 1.29 is 45.6 Å². The predicted octanol–water partition coefficient (Wildman–Crippen LogP) is 1.94. The highest BCUT2D eigenvalue weighted by atomic mass is 32.2. The molecule has 2 saturated heterocycles. The minimum atomic E-state index is -4.66. The van der Waals surface area contributed by atoms with Crippen LogP contribution in [0.15, 0.2) is 12.7 Å². The number of sulfonamides is 1. The summed E-state index contributed by atoms with van der Waals surface area (Å²) in [4.78, 5) is 68.0. The number of carbonyl (C=O) groups is 5. The monoisotopic (exact) mass is 720 g/mol. The summed E-state index contributed by atoms with van der Waals surface area (Å²) in [5, 5.41) is 10.1. The number of alkyl halides is 3. The van der Waals surface area contributed by atoms with Crippen LogP contribution >= 0.6 is 0 Å². The van der Waals surface area contributed by atoms with Gasteiger partial charge in [0.1, 0.15) is 12.1 Å². The van der Waals surface area contributed by atoms with E-state index in [2.05, 4.69) is 27.8 Å². The lowest BCUT2D eigenvalue weighted by atomic mass is 9.85. The molecule has 5 amide bonds. The Hall–Kier alpha value is -3.21. The number of fused-ring (bicyclic) bond motifs is 1. The third-order valence-corrected chi connectivity index (χ3v) is 11.8. The summed E-state index contributed by atoms with van der Waals surface area (Å²) in [6.07, 6.45) is -5.20. The average molecular weight is 721 g/mol. The summed E-state index contributed by atoms with van der Waals surface area (Å²) >= 11 is 0. The number of halogens is 3. The van der Waals surface area contributed by atoms with E-state index in [9.17, 15) is 45.6 Å². The molecule has 2 aliphatic heterocycles. The molecule has 0 aromatic heterocycles. The maximum Gasteiger partial charge on any atom is 0.389 e. The molecular weight excluding hydrogens is 669 g/mol. The number of Topliss-reactive ketones (excluding diaryl/α,β-unsaturated/α-hetero) is 1. The Balaban J connectivity index is 1.83. The zero-order chi connectivity index (χ0) is 37.3. The highest BCUT2D eigenvalue weighted by Crippen LogP contribution is 2.65. The first-order valence-electron chi connectivity index (χ1n) is 16.6. The van der Waals surface area contributed by atoms with E-state index in [1.165, 1.54) is 15.3 Å². The molecule has 17 heteroatoms. The number of ketones is 1. The van der Waals surface area contributed by atoms with Crippen LogP contribution in [0.1, 0.15) is 67.7 Å². The van der Waals surface area contributed by atoms with Crippen LogP contribution < -0.4 is 21.3 Å². The summed E-state index contributed by atoms with van der Waals surface area (Å²) in [5.74, 6) is -4.54. The lowest BCUT2D eigenvalue weighted by Crippen LogP contribution is -2.62. The number of hydrogen-bond donors (Lipinski definition) is 4. The fourth-order valence-electron chi connectivity index (χ4n) is 6.75. The number of nitrogens with one attached hydrogen (secondary N) is 4. The van der Waals surface area contributed by atoms with Gasteiger partial charge in [0.25, 0.3) is 5.91 Å². The van der Waals surface area contributed by atoms with Crippen molar-refractivity contribution in [2.24, 2.45) is 28.6 Å². The molecule has 0 spiro atoms. The number of carbonyl (C=O) groups excluding carboxylic acids is 5. The first-order valence-corrected chi connectivity index (χ1v) is 18.2. The largest absolute Gasteiger partial charge is 0.389 e. The summed E-state index contributed by atoms with van der Waals surface area (Å²) in [7, 11) is -3.42. The molecule has 3 fully saturated rings. The van der Waals surface area contributed by atoms with Gasteiger partial charge in [0.05, 0.1) is 11.8 Å². The van der Waals surface area contributed by atoms with Crippen LogP contribution in [-0.2, 0) is 29.2 Å². The van der Waals surface area contributed by atoms with Gasteiger partial charge >= 0.3 is 12.2 Å². The van der Waals surface area contributed by atoms with Gasteiger partial charge < -0.3 is 26.2 Å². The van der Waals surface area contributed by atoms with E-state index < -0.39 is 93.6 Å². The van der Waals surface area contributed by atoms with Gasteiger partial charge in [0, 0.05) is 38.6 Å². The lowest BCUT2D eigenvalue weighted by Gasteiger charge is -2.38. The highest BCUT2D eigenvalue weighted by Gasteiger charge is 2.70. The quantitative estimate of drug-likeness (QED) is 0.157. The van der Waals surface area contributed by atoms with Gasteiger partial charge in [0.15, 0.2) is 0 Å².